The molecule has 0 fully saturated rings. The van der Waals surface area contributed by atoms with Gasteiger partial charge >= 0.3 is 0 Å². The summed E-state index contributed by atoms with van der Waals surface area (Å²) in [7, 11) is 0. The minimum atomic E-state index is -0.590. The molecule has 0 aliphatic heterocycles. The summed E-state index contributed by atoms with van der Waals surface area (Å²) in [5.41, 5.74) is -0.160. The molecule has 0 amide bonds. The summed E-state index contributed by atoms with van der Waals surface area (Å²) < 4.78 is 0. The summed E-state index contributed by atoms with van der Waals surface area (Å²) in [4.78, 5) is 20.6. The third-order valence-electron chi connectivity index (χ3n) is 1.38. The van der Waals surface area contributed by atoms with Crippen LogP contribution in [0, 0.1) is 16.2 Å². The molecule has 0 unspecified atom stereocenters. The number of nitro benzene ring substituents is 1. The normalized spacial score (nSPS) is 9.42. The Balaban J connectivity index is 3.27. The van der Waals surface area contributed by atoms with E-state index in [4.69, 9.17) is 0 Å². The molecule has 0 spiro atoms. The molecule has 0 saturated heterocycles. The van der Waals surface area contributed by atoms with Gasteiger partial charge in [-0.25, -0.2) is 0 Å². The van der Waals surface area contributed by atoms with Crippen LogP contribution in [0.15, 0.2) is 18.2 Å². The van der Waals surface area contributed by atoms with Gasteiger partial charge in [0.1, 0.15) is 5.56 Å². The Kier molecular flexibility index (Phi) is 2.19. The van der Waals surface area contributed by atoms with Crippen molar-refractivity contribution in [3.05, 3.63) is 39.9 Å². The first-order chi connectivity index (χ1) is 5.63. The summed E-state index contributed by atoms with van der Waals surface area (Å²) in [6, 6.07) is 6.76. The number of benzene rings is 1. The van der Waals surface area contributed by atoms with Crippen molar-refractivity contribution in [3.63, 3.8) is 0 Å². The first-order valence-electron chi connectivity index (χ1n) is 3.29. The quantitative estimate of drug-likeness (QED) is 0.379. The van der Waals surface area contributed by atoms with Crippen molar-refractivity contribution in [2.45, 2.75) is 6.92 Å². The van der Waals surface area contributed by atoms with Crippen molar-refractivity contribution in [1.82, 2.24) is 0 Å². The predicted molar refractivity (Wildman–Crippen MR) is 41.9 cm³/mol. The van der Waals surface area contributed by atoms with Gasteiger partial charge in [0.15, 0.2) is 5.78 Å². The fourth-order valence-electron chi connectivity index (χ4n) is 0.862. The molecule has 1 rings (SSSR count). The molecule has 0 aromatic heterocycles. The lowest BCUT2D eigenvalue weighted by Crippen LogP contribution is -1.99. The van der Waals surface area contributed by atoms with E-state index >= 15 is 0 Å². The molecule has 0 bridgehead atoms. The number of Topliss-reactive ketones (excluding diaryl/α,β-unsaturated/α-hetero) is 1. The number of rotatable bonds is 2. The van der Waals surface area contributed by atoms with Gasteiger partial charge in [0.2, 0.25) is 0 Å². The highest BCUT2D eigenvalue weighted by molar-refractivity contribution is 5.97. The summed E-state index contributed by atoms with van der Waals surface area (Å²) in [5, 5.41) is 10.4. The maximum Gasteiger partial charge on any atom is 0.280 e. The highest BCUT2D eigenvalue weighted by Crippen LogP contribution is 2.16. The van der Waals surface area contributed by atoms with Crippen LogP contribution < -0.4 is 0 Å². The van der Waals surface area contributed by atoms with E-state index in [1.165, 1.54) is 25.1 Å². The lowest BCUT2D eigenvalue weighted by atomic mass is 10.1. The van der Waals surface area contributed by atoms with E-state index in [2.05, 4.69) is 6.07 Å². The van der Waals surface area contributed by atoms with Crippen molar-refractivity contribution < 1.29 is 9.72 Å². The van der Waals surface area contributed by atoms with Gasteiger partial charge in [0, 0.05) is 12.1 Å². The zero-order valence-electron chi connectivity index (χ0n) is 6.40. The van der Waals surface area contributed by atoms with Crippen molar-refractivity contribution >= 4 is 11.5 Å². The zero-order chi connectivity index (χ0) is 9.14. The molecular weight excluding hydrogens is 158 g/mol. The highest BCUT2D eigenvalue weighted by Gasteiger charge is 2.15. The van der Waals surface area contributed by atoms with E-state index in [9.17, 15) is 14.9 Å². The zero-order valence-corrected chi connectivity index (χ0v) is 6.40. The number of carbonyl (C=O) groups is 1. The number of carbonyl (C=O) groups excluding carboxylic acids is 1. The number of nitrogens with zero attached hydrogens (tertiary/aromatic N) is 1. The third kappa shape index (κ3) is 1.47. The van der Waals surface area contributed by atoms with Crippen LogP contribution in [0.5, 0.6) is 0 Å². The molecule has 1 radical (unpaired) electrons. The number of ketones is 1. The molecule has 0 saturated carbocycles. The number of hydrogen-bond donors (Lipinski definition) is 0. The van der Waals surface area contributed by atoms with Crippen molar-refractivity contribution in [3.8, 4) is 0 Å². The average molecular weight is 164 g/mol. The summed E-state index contributed by atoms with van der Waals surface area (Å²) in [6.45, 7) is 1.28. The average Bonchev–Trinajstić information content (AvgIpc) is 2.04. The molecular formula is C8H6NO3. The van der Waals surface area contributed by atoms with E-state index in [-0.39, 0.29) is 17.0 Å². The summed E-state index contributed by atoms with van der Waals surface area (Å²) in [5.74, 6) is -0.345. The van der Waals surface area contributed by atoms with Crippen molar-refractivity contribution in [2.24, 2.45) is 0 Å². The minimum absolute atomic E-state index is 0.0301. The lowest BCUT2D eigenvalue weighted by molar-refractivity contribution is -0.385. The molecule has 4 nitrogen and oxygen atoms in total. The molecule has 1 aromatic rings. The van der Waals surface area contributed by atoms with Crippen molar-refractivity contribution in [1.29, 1.82) is 0 Å². The molecule has 0 aliphatic carbocycles. The van der Waals surface area contributed by atoms with Crippen LogP contribution in [0.1, 0.15) is 17.3 Å². The minimum Gasteiger partial charge on any atom is -0.294 e. The molecule has 4 heteroatoms. The van der Waals surface area contributed by atoms with Crippen molar-refractivity contribution in [2.75, 3.05) is 0 Å². The first kappa shape index (κ1) is 8.39. The maximum atomic E-state index is 10.8. The fraction of sp³-hybridized carbons (Fsp3) is 0.125. The molecule has 0 aliphatic rings. The van der Waals surface area contributed by atoms with Gasteiger partial charge in [-0.1, -0.05) is 12.1 Å². The van der Waals surface area contributed by atoms with Gasteiger partial charge < -0.3 is 0 Å². The number of nitro groups is 1. The largest absolute Gasteiger partial charge is 0.294 e. The molecule has 0 heterocycles. The second-order valence-corrected chi connectivity index (χ2v) is 2.24. The van der Waals surface area contributed by atoms with Gasteiger partial charge in [-0.05, 0) is 6.92 Å². The second-order valence-electron chi connectivity index (χ2n) is 2.24. The SMILES string of the molecule is CC(=O)c1[c]cccc1[N+](=O)[O-]. The van der Waals surface area contributed by atoms with E-state index in [1.807, 2.05) is 0 Å². The predicted octanol–water partition coefficient (Wildman–Crippen LogP) is 1.60. The van der Waals surface area contributed by atoms with Crippen LogP contribution in [0.2, 0.25) is 0 Å². The van der Waals surface area contributed by atoms with Crippen LogP contribution in [0.4, 0.5) is 5.69 Å². The van der Waals surface area contributed by atoms with E-state index in [1.54, 1.807) is 0 Å². The first-order valence-corrected chi connectivity index (χ1v) is 3.29. The summed E-state index contributed by atoms with van der Waals surface area (Å²) in [6.07, 6.45) is 0. The Hall–Kier alpha value is -1.71. The third-order valence-corrected chi connectivity index (χ3v) is 1.38. The smallest absolute Gasteiger partial charge is 0.280 e. The van der Waals surface area contributed by atoms with Gasteiger partial charge in [-0.3, -0.25) is 14.9 Å². The van der Waals surface area contributed by atoms with Gasteiger partial charge in [-0.2, -0.15) is 0 Å². The molecule has 0 atom stereocenters. The molecule has 12 heavy (non-hydrogen) atoms. The highest BCUT2D eigenvalue weighted by atomic mass is 16.6. The Bertz CT molecular complexity index is 300. The molecule has 61 valence electrons. The van der Waals surface area contributed by atoms with Crippen LogP contribution >= 0.6 is 0 Å². The second kappa shape index (κ2) is 3.13. The topological polar surface area (TPSA) is 60.2 Å². The van der Waals surface area contributed by atoms with Crippen LogP contribution in [-0.2, 0) is 0 Å². The molecule has 1 aromatic carbocycles. The lowest BCUT2D eigenvalue weighted by Gasteiger charge is -1.95. The van der Waals surface area contributed by atoms with E-state index in [0.717, 1.165) is 0 Å². The Labute approximate surface area is 69.0 Å². The number of hydrogen-bond acceptors (Lipinski definition) is 3. The standard InChI is InChI=1S/C8H6NO3/c1-6(10)7-4-2-3-5-8(7)9(11)12/h2-3,5H,1H3. The fourth-order valence-corrected chi connectivity index (χ4v) is 0.862. The Morgan fingerprint density at radius 1 is 1.67 bits per heavy atom. The Morgan fingerprint density at radius 3 is 2.75 bits per heavy atom. The van der Waals surface area contributed by atoms with Gasteiger partial charge in [0.05, 0.1) is 4.92 Å². The van der Waals surface area contributed by atoms with E-state index < -0.39 is 4.92 Å². The van der Waals surface area contributed by atoms with Gasteiger partial charge in [0.25, 0.3) is 5.69 Å². The van der Waals surface area contributed by atoms with Crippen LogP contribution in [0.3, 0.4) is 0 Å². The van der Waals surface area contributed by atoms with Crippen LogP contribution in [0.25, 0.3) is 0 Å². The summed E-state index contributed by atoms with van der Waals surface area (Å²) >= 11 is 0. The maximum absolute atomic E-state index is 10.8. The monoisotopic (exact) mass is 164 g/mol. The van der Waals surface area contributed by atoms with Gasteiger partial charge in [-0.15, -0.1) is 0 Å². The molecule has 0 N–H and O–H groups in total. The van der Waals surface area contributed by atoms with Crippen LogP contribution in [-0.4, -0.2) is 10.7 Å². The Morgan fingerprint density at radius 2 is 2.33 bits per heavy atom. The van der Waals surface area contributed by atoms with E-state index in [0.29, 0.717) is 0 Å².